The number of alkyl halides is 3. The molecular formula is C21H17BrCl2F3NO5. The molecule has 0 N–H and O–H groups in total. The van der Waals surface area contributed by atoms with Gasteiger partial charge in [0.15, 0.2) is 11.5 Å². The minimum atomic E-state index is -4.52. The molecule has 0 atom stereocenters. The zero-order valence-corrected chi connectivity index (χ0v) is 20.3. The van der Waals surface area contributed by atoms with Crippen molar-refractivity contribution in [2.75, 3.05) is 20.8 Å². The summed E-state index contributed by atoms with van der Waals surface area (Å²) in [6.07, 6.45) is -3.72. The van der Waals surface area contributed by atoms with E-state index in [-0.39, 0.29) is 33.9 Å². The first kappa shape index (κ1) is 26.8. The van der Waals surface area contributed by atoms with E-state index >= 15 is 0 Å². The summed E-state index contributed by atoms with van der Waals surface area (Å²) in [6, 6.07) is 9.62. The third kappa shape index (κ3) is 7.55. The Morgan fingerprint density at radius 3 is 2.33 bits per heavy atom. The Balaban J connectivity index is 2.18. The van der Waals surface area contributed by atoms with Crippen molar-refractivity contribution >= 4 is 50.8 Å². The Bertz CT molecular complexity index is 1040. The highest BCUT2D eigenvalue weighted by Crippen LogP contribution is 2.37. The van der Waals surface area contributed by atoms with Crippen molar-refractivity contribution < 1.29 is 37.0 Å². The van der Waals surface area contributed by atoms with Gasteiger partial charge in [0.2, 0.25) is 0 Å². The van der Waals surface area contributed by atoms with Gasteiger partial charge in [-0.25, -0.2) is 4.79 Å². The number of rotatable bonds is 9. The lowest BCUT2D eigenvalue weighted by atomic mass is 10.0. The van der Waals surface area contributed by atoms with Crippen LogP contribution >= 0.6 is 39.1 Å². The predicted octanol–water partition coefficient (Wildman–Crippen LogP) is 6.32. The van der Waals surface area contributed by atoms with Crippen LogP contribution in [0.25, 0.3) is 0 Å². The number of benzene rings is 2. The van der Waals surface area contributed by atoms with Crippen LogP contribution in [0.2, 0.25) is 10.0 Å². The molecule has 0 aromatic heterocycles. The van der Waals surface area contributed by atoms with Gasteiger partial charge in [-0.1, -0.05) is 52.6 Å². The van der Waals surface area contributed by atoms with E-state index in [2.05, 4.69) is 21.1 Å². The average molecular weight is 571 g/mol. The molecule has 6 nitrogen and oxygen atoms in total. The van der Waals surface area contributed by atoms with E-state index in [1.807, 2.05) is 0 Å². The van der Waals surface area contributed by atoms with Gasteiger partial charge in [-0.05, 0) is 27.6 Å². The topological polar surface area (TPSA) is 66.4 Å². The molecule has 2 aromatic rings. The molecule has 0 fully saturated rings. The number of hydrogen-bond acceptors (Lipinski definition) is 6. The van der Waals surface area contributed by atoms with Gasteiger partial charge < -0.3 is 19.0 Å². The number of methoxy groups -OCH3 is 1. The number of hydrogen-bond donors (Lipinski definition) is 0. The van der Waals surface area contributed by atoms with Crippen LogP contribution in [-0.2, 0) is 21.0 Å². The van der Waals surface area contributed by atoms with Gasteiger partial charge in [0.1, 0.15) is 26.1 Å². The van der Waals surface area contributed by atoms with Gasteiger partial charge in [0, 0.05) is 17.7 Å². The summed E-state index contributed by atoms with van der Waals surface area (Å²) < 4.78 is 52.3. The van der Waals surface area contributed by atoms with Crippen molar-refractivity contribution in [2.45, 2.75) is 12.8 Å². The maximum atomic E-state index is 12.5. The smallest absolute Gasteiger partial charge is 0.422 e. The van der Waals surface area contributed by atoms with Crippen molar-refractivity contribution in [3.63, 3.8) is 0 Å². The van der Waals surface area contributed by atoms with Gasteiger partial charge in [-0.2, -0.15) is 13.2 Å². The molecular weight excluding hydrogens is 554 g/mol. The van der Waals surface area contributed by atoms with Crippen LogP contribution in [0.3, 0.4) is 0 Å². The first-order chi connectivity index (χ1) is 15.6. The third-order valence-corrected chi connectivity index (χ3v) is 5.30. The molecule has 2 rings (SSSR count). The van der Waals surface area contributed by atoms with Crippen molar-refractivity contribution in [3.8, 4) is 11.5 Å². The van der Waals surface area contributed by atoms with Crippen LogP contribution in [0.5, 0.6) is 11.5 Å². The van der Waals surface area contributed by atoms with Crippen LogP contribution in [0, 0.1) is 0 Å². The quantitative estimate of drug-likeness (QED) is 0.201. The molecule has 0 aliphatic heterocycles. The second kappa shape index (κ2) is 12.2. The van der Waals surface area contributed by atoms with Crippen LogP contribution in [-0.4, -0.2) is 38.7 Å². The molecule has 0 amide bonds. The summed E-state index contributed by atoms with van der Waals surface area (Å²) in [5, 5.41) is 3.81. The molecule has 0 saturated heterocycles. The van der Waals surface area contributed by atoms with Gasteiger partial charge in [-0.3, -0.25) is 0 Å². The SMILES string of the molecule is CON=C(C(=O)OC)c1ccccc1COc1cc(Cl)c(OCC=C(Br)C(F)(F)F)c(Cl)c1. The first-order valence-corrected chi connectivity index (χ1v) is 10.6. The zero-order valence-electron chi connectivity index (χ0n) is 17.2. The molecule has 0 spiro atoms. The highest BCUT2D eigenvalue weighted by molar-refractivity contribution is 9.11. The minimum Gasteiger partial charge on any atom is -0.489 e. The van der Waals surface area contributed by atoms with Crippen LogP contribution < -0.4 is 9.47 Å². The van der Waals surface area contributed by atoms with Crippen LogP contribution in [0.4, 0.5) is 13.2 Å². The summed E-state index contributed by atoms with van der Waals surface area (Å²) in [5.41, 5.74) is 0.982. The highest BCUT2D eigenvalue weighted by Gasteiger charge is 2.31. The summed E-state index contributed by atoms with van der Waals surface area (Å²) >= 11 is 14.8. The highest BCUT2D eigenvalue weighted by atomic mass is 79.9. The number of ether oxygens (including phenoxy) is 3. The summed E-state index contributed by atoms with van der Waals surface area (Å²) in [6.45, 7) is -0.410. The Morgan fingerprint density at radius 2 is 1.76 bits per heavy atom. The van der Waals surface area contributed by atoms with Crippen LogP contribution in [0.1, 0.15) is 11.1 Å². The third-order valence-electron chi connectivity index (χ3n) is 3.96. The van der Waals surface area contributed by atoms with Gasteiger partial charge in [0.25, 0.3) is 0 Å². The number of halogens is 6. The molecule has 33 heavy (non-hydrogen) atoms. The molecule has 2 aromatic carbocycles. The van der Waals surface area contributed by atoms with Gasteiger partial charge >= 0.3 is 12.1 Å². The van der Waals surface area contributed by atoms with E-state index in [0.717, 1.165) is 6.08 Å². The maximum absolute atomic E-state index is 12.5. The number of allylic oxidation sites excluding steroid dienone is 1. The monoisotopic (exact) mass is 569 g/mol. The fourth-order valence-corrected chi connectivity index (χ4v) is 3.20. The molecule has 12 heteroatoms. The van der Waals surface area contributed by atoms with Crippen molar-refractivity contribution in [1.29, 1.82) is 0 Å². The normalized spacial score (nSPS) is 12.4. The molecule has 0 aliphatic carbocycles. The largest absolute Gasteiger partial charge is 0.489 e. The molecule has 0 saturated carbocycles. The number of carbonyl (C=O) groups is 1. The standard InChI is InChI=1S/C21H17BrCl2F3NO5/c1-30-20(29)18(28-31-2)14-6-4-3-5-12(14)11-33-13-9-15(23)19(16(24)10-13)32-8-7-17(22)21(25,26)27/h3-7,9-10H,8,11H2,1-2H3. The number of carbonyl (C=O) groups excluding carboxylic acids is 1. The van der Waals surface area contributed by atoms with Gasteiger partial charge in [-0.15, -0.1) is 0 Å². The summed E-state index contributed by atoms with van der Waals surface area (Å²) in [5.74, 6) is -0.421. The predicted molar refractivity (Wildman–Crippen MR) is 121 cm³/mol. The lowest BCUT2D eigenvalue weighted by Crippen LogP contribution is -2.19. The minimum absolute atomic E-state index is 0.00400. The van der Waals surface area contributed by atoms with E-state index in [9.17, 15) is 18.0 Å². The second-order valence-corrected chi connectivity index (χ2v) is 7.81. The van der Waals surface area contributed by atoms with E-state index in [0.29, 0.717) is 11.1 Å². The number of nitrogens with zero attached hydrogens (tertiary/aromatic N) is 1. The van der Waals surface area contributed by atoms with Crippen molar-refractivity contribution in [2.24, 2.45) is 5.16 Å². The molecule has 0 heterocycles. The fraction of sp³-hybridized carbons (Fsp3) is 0.238. The average Bonchev–Trinajstić information content (AvgIpc) is 2.76. The Hall–Kier alpha value is -2.43. The van der Waals surface area contributed by atoms with E-state index in [1.165, 1.54) is 26.4 Å². The molecule has 0 radical (unpaired) electrons. The van der Waals surface area contributed by atoms with E-state index < -0.39 is 23.2 Å². The molecule has 178 valence electrons. The number of esters is 1. The van der Waals surface area contributed by atoms with Gasteiger partial charge in [0.05, 0.1) is 21.6 Å². The zero-order chi connectivity index (χ0) is 24.6. The second-order valence-electron chi connectivity index (χ2n) is 6.14. The molecule has 0 unspecified atom stereocenters. The lowest BCUT2D eigenvalue weighted by Gasteiger charge is -2.14. The Kier molecular flexibility index (Phi) is 9.87. The Morgan fingerprint density at radius 1 is 1.12 bits per heavy atom. The lowest BCUT2D eigenvalue weighted by molar-refractivity contribution is -0.132. The van der Waals surface area contributed by atoms with E-state index in [1.54, 1.807) is 24.3 Å². The summed E-state index contributed by atoms with van der Waals surface area (Å²) in [4.78, 5) is 16.8. The van der Waals surface area contributed by atoms with E-state index in [4.69, 9.17) is 42.3 Å². The van der Waals surface area contributed by atoms with Crippen molar-refractivity contribution in [3.05, 3.63) is 68.1 Å². The molecule has 0 bridgehead atoms. The van der Waals surface area contributed by atoms with Crippen LogP contribution in [0.15, 0.2) is 52.1 Å². The Labute approximate surface area is 206 Å². The fourth-order valence-electron chi connectivity index (χ4n) is 2.49. The van der Waals surface area contributed by atoms with Crippen molar-refractivity contribution in [1.82, 2.24) is 0 Å². The first-order valence-electron chi connectivity index (χ1n) is 9.03. The summed E-state index contributed by atoms with van der Waals surface area (Å²) in [7, 11) is 2.52. The molecule has 0 aliphatic rings. The maximum Gasteiger partial charge on any atom is 0.422 e. The number of oxime groups is 1.